The van der Waals surface area contributed by atoms with Crippen LogP contribution in [0, 0.1) is 0 Å². The highest BCUT2D eigenvalue weighted by Crippen LogP contribution is 2.21. The van der Waals surface area contributed by atoms with Gasteiger partial charge in [-0.3, -0.25) is 0 Å². The number of unbranched alkanes of at least 4 members (excludes halogenated alkanes) is 1. The summed E-state index contributed by atoms with van der Waals surface area (Å²) in [5.74, 6) is 1.38. The summed E-state index contributed by atoms with van der Waals surface area (Å²) >= 11 is 0. The smallest absolute Gasteiger partial charge is 0.243 e. The standard InChI is InChI=1S/C10H17N3O2/c1-2-3-4-9-12-10(15-13-9)8-5-7(14)6-11-8/h7-8,11,14H,2-6H2,1H3/t7-,8+/m1/s1. The van der Waals surface area contributed by atoms with Crippen molar-refractivity contribution >= 4 is 0 Å². The second-order valence-corrected chi connectivity index (χ2v) is 4.00. The molecule has 2 atom stereocenters. The summed E-state index contributed by atoms with van der Waals surface area (Å²) in [6.07, 6.45) is 3.45. The maximum absolute atomic E-state index is 9.36. The SMILES string of the molecule is CCCCc1noc([C@@H]2C[C@@H](O)CN2)n1. The quantitative estimate of drug-likeness (QED) is 0.771. The van der Waals surface area contributed by atoms with Crippen molar-refractivity contribution < 1.29 is 9.63 Å². The van der Waals surface area contributed by atoms with Crippen molar-refractivity contribution in [1.29, 1.82) is 0 Å². The fourth-order valence-electron chi connectivity index (χ4n) is 1.75. The Balaban J connectivity index is 1.94. The Kier molecular flexibility index (Phi) is 3.33. The molecule has 5 heteroatoms. The number of aromatic nitrogens is 2. The molecule has 2 heterocycles. The molecule has 1 aliphatic rings. The topological polar surface area (TPSA) is 71.2 Å². The molecule has 0 aromatic carbocycles. The summed E-state index contributed by atoms with van der Waals surface area (Å²) in [6, 6.07) is 0.0304. The zero-order valence-electron chi connectivity index (χ0n) is 8.94. The molecule has 0 amide bonds. The zero-order chi connectivity index (χ0) is 10.7. The molecule has 15 heavy (non-hydrogen) atoms. The lowest BCUT2D eigenvalue weighted by molar-refractivity contribution is 0.191. The third-order valence-electron chi connectivity index (χ3n) is 2.64. The van der Waals surface area contributed by atoms with E-state index in [2.05, 4.69) is 22.4 Å². The van der Waals surface area contributed by atoms with Gasteiger partial charge in [-0.1, -0.05) is 18.5 Å². The van der Waals surface area contributed by atoms with Gasteiger partial charge in [-0.25, -0.2) is 0 Å². The van der Waals surface area contributed by atoms with Crippen LogP contribution in [0.3, 0.4) is 0 Å². The number of β-amino-alcohol motifs (C(OH)–C–C–N with tert-alkyl or cyclic N) is 1. The normalized spacial score (nSPS) is 26.0. The number of nitrogens with one attached hydrogen (secondary N) is 1. The lowest BCUT2D eigenvalue weighted by atomic mass is 10.2. The first-order chi connectivity index (χ1) is 7.29. The number of aryl methyl sites for hydroxylation is 1. The fourth-order valence-corrected chi connectivity index (χ4v) is 1.75. The third kappa shape index (κ3) is 2.54. The lowest BCUT2D eigenvalue weighted by Gasteiger charge is -2.01. The van der Waals surface area contributed by atoms with E-state index in [-0.39, 0.29) is 12.1 Å². The zero-order valence-corrected chi connectivity index (χ0v) is 8.94. The molecule has 5 nitrogen and oxygen atoms in total. The van der Waals surface area contributed by atoms with E-state index in [1.54, 1.807) is 0 Å². The van der Waals surface area contributed by atoms with Gasteiger partial charge in [-0.15, -0.1) is 0 Å². The molecule has 1 saturated heterocycles. The Morgan fingerprint density at radius 2 is 2.47 bits per heavy atom. The Morgan fingerprint density at radius 3 is 3.13 bits per heavy atom. The molecule has 0 saturated carbocycles. The number of aliphatic hydroxyl groups excluding tert-OH is 1. The van der Waals surface area contributed by atoms with Gasteiger partial charge in [0.05, 0.1) is 12.1 Å². The van der Waals surface area contributed by atoms with Crippen LogP contribution in [-0.2, 0) is 6.42 Å². The summed E-state index contributed by atoms with van der Waals surface area (Å²) in [6.45, 7) is 2.74. The van der Waals surface area contributed by atoms with Crippen molar-refractivity contribution in [2.75, 3.05) is 6.54 Å². The summed E-state index contributed by atoms with van der Waals surface area (Å²) < 4.78 is 5.16. The first kappa shape index (κ1) is 10.6. The highest BCUT2D eigenvalue weighted by Gasteiger charge is 2.27. The van der Waals surface area contributed by atoms with Crippen LogP contribution in [-0.4, -0.2) is 27.9 Å². The van der Waals surface area contributed by atoms with Crippen LogP contribution in [0.5, 0.6) is 0 Å². The van der Waals surface area contributed by atoms with Crippen LogP contribution >= 0.6 is 0 Å². The predicted molar refractivity (Wildman–Crippen MR) is 54.3 cm³/mol. The number of rotatable bonds is 4. The lowest BCUT2D eigenvalue weighted by Crippen LogP contribution is -2.15. The monoisotopic (exact) mass is 211 g/mol. The van der Waals surface area contributed by atoms with Crippen LogP contribution in [0.1, 0.15) is 43.9 Å². The van der Waals surface area contributed by atoms with Crippen LogP contribution < -0.4 is 5.32 Å². The molecule has 0 radical (unpaired) electrons. The summed E-state index contributed by atoms with van der Waals surface area (Å²) in [7, 11) is 0. The number of hydrogen-bond acceptors (Lipinski definition) is 5. The van der Waals surface area contributed by atoms with Crippen molar-refractivity contribution in [2.24, 2.45) is 0 Å². The molecule has 84 valence electrons. The average molecular weight is 211 g/mol. The Bertz CT molecular complexity index is 313. The molecule has 1 aromatic heterocycles. The highest BCUT2D eigenvalue weighted by molar-refractivity contribution is 4.97. The van der Waals surface area contributed by atoms with Crippen LogP contribution in [0.2, 0.25) is 0 Å². The molecule has 0 unspecified atom stereocenters. The van der Waals surface area contributed by atoms with Crippen molar-refractivity contribution in [3.8, 4) is 0 Å². The highest BCUT2D eigenvalue weighted by atomic mass is 16.5. The van der Waals surface area contributed by atoms with Crippen molar-refractivity contribution in [3.63, 3.8) is 0 Å². The summed E-state index contributed by atoms with van der Waals surface area (Å²) in [4.78, 5) is 4.31. The second-order valence-electron chi connectivity index (χ2n) is 4.00. The van der Waals surface area contributed by atoms with Gasteiger partial charge in [0.15, 0.2) is 5.82 Å². The third-order valence-corrected chi connectivity index (χ3v) is 2.64. The molecular formula is C10H17N3O2. The molecule has 0 bridgehead atoms. The molecular weight excluding hydrogens is 194 g/mol. The maximum Gasteiger partial charge on any atom is 0.243 e. The van der Waals surface area contributed by atoms with E-state index >= 15 is 0 Å². The van der Waals surface area contributed by atoms with Gasteiger partial charge in [0.1, 0.15) is 0 Å². The first-order valence-corrected chi connectivity index (χ1v) is 5.53. The van der Waals surface area contributed by atoms with E-state index in [0.29, 0.717) is 18.9 Å². The maximum atomic E-state index is 9.36. The van der Waals surface area contributed by atoms with E-state index in [1.807, 2.05) is 0 Å². The van der Waals surface area contributed by atoms with Crippen LogP contribution in [0.25, 0.3) is 0 Å². The van der Waals surface area contributed by atoms with Gasteiger partial charge in [-0.05, 0) is 12.8 Å². The number of nitrogens with zero attached hydrogens (tertiary/aromatic N) is 2. The van der Waals surface area contributed by atoms with Crippen LogP contribution in [0.4, 0.5) is 0 Å². The van der Waals surface area contributed by atoms with E-state index in [0.717, 1.165) is 25.1 Å². The second kappa shape index (κ2) is 4.72. The average Bonchev–Trinajstić information content (AvgIpc) is 2.83. The summed E-state index contributed by atoms with van der Waals surface area (Å²) in [5.41, 5.74) is 0. The van der Waals surface area contributed by atoms with Gasteiger partial charge >= 0.3 is 0 Å². The molecule has 1 aromatic rings. The minimum absolute atomic E-state index is 0.0304. The fraction of sp³-hybridized carbons (Fsp3) is 0.800. The Morgan fingerprint density at radius 1 is 1.60 bits per heavy atom. The number of hydrogen-bond donors (Lipinski definition) is 2. The largest absolute Gasteiger partial charge is 0.392 e. The van der Waals surface area contributed by atoms with Crippen molar-refractivity contribution in [1.82, 2.24) is 15.5 Å². The molecule has 1 aliphatic heterocycles. The van der Waals surface area contributed by atoms with Gasteiger partial charge in [0.2, 0.25) is 5.89 Å². The molecule has 2 N–H and O–H groups in total. The van der Waals surface area contributed by atoms with Gasteiger partial charge in [0, 0.05) is 13.0 Å². The van der Waals surface area contributed by atoms with Gasteiger partial charge in [0.25, 0.3) is 0 Å². The van der Waals surface area contributed by atoms with E-state index in [1.165, 1.54) is 0 Å². The minimum atomic E-state index is -0.291. The van der Waals surface area contributed by atoms with Crippen LogP contribution in [0.15, 0.2) is 4.52 Å². The van der Waals surface area contributed by atoms with E-state index in [4.69, 9.17) is 4.52 Å². The molecule has 0 spiro atoms. The Hall–Kier alpha value is -0.940. The van der Waals surface area contributed by atoms with Gasteiger partial charge < -0.3 is 14.9 Å². The molecule has 0 aliphatic carbocycles. The summed E-state index contributed by atoms with van der Waals surface area (Å²) in [5, 5.41) is 16.4. The predicted octanol–water partition coefficient (Wildman–Crippen LogP) is 0.807. The van der Waals surface area contributed by atoms with E-state index < -0.39 is 0 Å². The number of aliphatic hydroxyl groups is 1. The molecule has 2 rings (SSSR count). The van der Waals surface area contributed by atoms with Crippen molar-refractivity contribution in [2.45, 2.75) is 44.8 Å². The van der Waals surface area contributed by atoms with Gasteiger partial charge in [-0.2, -0.15) is 4.98 Å². The Labute approximate surface area is 88.9 Å². The van der Waals surface area contributed by atoms with Crippen molar-refractivity contribution in [3.05, 3.63) is 11.7 Å². The van der Waals surface area contributed by atoms with E-state index in [9.17, 15) is 5.11 Å². The first-order valence-electron chi connectivity index (χ1n) is 5.53. The minimum Gasteiger partial charge on any atom is -0.392 e. The molecule has 1 fully saturated rings.